The minimum absolute atomic E-state index is 0.0416. The lowest BCUT2D eigenvalue weighted by atomic mass is 10.2. The fourth-order valence-electron chi connectivity index (χ4n) is 1.41. The molecule has 0 atom stereocenters. The number of unbranched alkanes of at least 4 members (excludes halogenated alkanes) is 1. The van der Waals surface area contributed by atoms with Gasteiger partial charge in [-0.15, -0.1) is 0 Å². The Hall–Kier alpha value is -2.31. The SMILES string of the molecule is CCCCC(=O)Nc1cc(-n2cncn2)ncn1. The summed E-state index contributed by atoms with van der Waals surface area (Å²) in [6.07, 6.45) is 6.69. The molecule has 0 aromatic carbocycles. The molecule has 0 bridgehead atoms. The zero-order valence-electron chi connectivity index (χ0n) is 10.1. The van der Waals surface area contributed by atoms with Crippen LogP contribution in [0.5, 0.6) is 0 Å². The van der Waals surface area contributed by atoms with Crippen LogP contribution in [0.15, 0.2) is 25.0 Å². The van der Waals surface area contributed by atoms with Crippen molar-refractivity contribution < 1.29 is 4.79 Å². The minimum atomic E-state index is -0.0416. The van der Waals surface area contributed by atoms with Crippen LogP contribution >= 0.6 is 0 Å². The highest BCUT2D eigenvalue weighted by Gasteiger charge is 2.05. The third-order valence-corrected chi connectivity index (χ3v) is 2.33. The van der Waals surface area contributed by atoms with Gasteiger partial charge in [0.1, 0.15) is 24.8 Å². The van der Waals surface area contributed by atoms with Crippen LogP contribution in [0.4, 0.5) is 5.82 Å². The van der Waals surface area contributed by atoms with Crippen molar-refractivity contribution >= 4 is 11.7 Å². The van der Waals surface area contributed by atoms with Gasteiger partial charge in [0, 0.05) is 12.5 Å². The molecule has 0 aliphatic carbocycles. The first-order chi connectivity index (χ1) is 8.79. The summed E-state index contributed by atoms with van der Waals surface area (Å²) in [5.41, 5.74) is 0. The van der Waals surface area contributed by atoms with E-state index >= 15 is 0 Å². The molecule has 0 saturated carbocycles. The van der Waals surface area contributed by atoms with Crippen molar-refractivity contribution in [2.75, 3.05) is 5.32 Å². The van der Waals surface area contributed by atoms with E-state index in [9.17, 15) is 4.79 Å². The van der Waals surface area contributed by atoms with E-state index in [0.29, 0.717) is 18.1 Å². The Bertz CT molecular complexity index is 510. The predicted molar refractivity (Wildman–Crippen MR) is 65.1 cm³/mol. The number of nitrogens with zero attached hydrogens (tertiary/aromatic N) is 5. The molecule has 2 rings (SSSR count). The van der Waals surface area contributed by atoms with Crippen LogP contribution in [-0.4, -0.2) is 30.6 Å². The highest BCUT2D eigenvalue weighted by atomic mass is 16.1. The highest BCUT2D eigenvalue weighted by Crippen LogP contribution is 2.08. The fraction of sp³-hybridized carbons (Fsp3) is 0.364. The van der Waals surface area contributed by atoms with Crippen molar-refractivity contribution in [3.8, 4) is 5.82 Å². The Balaban J connectivity index is 2.06. The van der Waals surface area contributed by atoms with Gasteiger partial charge in [-0.1, -0.05) is 13.3 Å². The fourth-order valence-corrected chi connectivity index (χ4v) is 1.41. The summed E-state index contributed by atoms with van der Waals surface area (Å²) in [5.74, 6) is 0.991. The van der Waals surface area contributed by atoms with Crippen LogP contribution in [0.2, 0.25) is 0 Å². The first-order valence-corrected chi connectivity index (χ1v) is 5.76. The van der Waals surface area contributed by atoms with Gasteiger partial charge in [0.15, 0.2) is 5.82 Å². The number of anilines is 1. The lowest BCUT2D eigenvalue weighted by Crippen LogP contribution is -2.13. The van der Waals surface area contributed by atoms with Gasteiger partial charge in [0.2, 0.25) is 5.91 Å². The minimum Gasteiger partial charge on any atom is -0.311 e. The number of amides is 1. The highest BCUT2D eigenvalue weighted by molar-refractivity contribution is 5.89. The number of hydrogen-bond acceptors (Lipinski definition) is 5. The Morgan fingerprint density at radius 1 is 1.39 bits per heavy atom. The smallest absolute Gasteiger partial charge is 0.225 e. The quantitative estimate of drug-likeness (QED) is 0.856. The monoisotopic (exact) mass is 246 g/mol. The van der Waals surface area contributed by atoms with E-state index in [1.165, 1.54) is 23.7 Å². The number of aromatic nitrogens is 5. The summed E-state index contributed by atoms with van der Waals surface area (Å²) in [5, 5.41) is 6.69. The molecule has 94 valence electrons. The number of nitrogens with one attached hydrogen (secondary N) is 1. The molecule has 0 saturated heterocycles. The Labute approximate surface area is 104 Å². The maximum atomic E-state index is 11.6. The Morgan fingerprint density at radius 3 is 3.00 bits per heavy atom. The second-order valence-electron chi connectivity index (χ2n) is 3.75. The molecule has 0 aliphatic heterocycles. The van der Waals surface area contributed by atoms with Crippen molar-refractivity contribution in [1.29, 1.82) is 0 Å². The van der Waals surface area contributed by atoms with Gasteiger partial charge < -0.3 is 5.32 Å². The topological polar surface area (TPSA) is 85.6 Å². The molecular weight excluding hydrogens is 232 g/mol. The van der Waals surface area contributed by atoms with Gasteiger partial charge in [0.25, 0.3) is 0 Å². The molecule has 1 N–H and O–H groups in total. The first-order valence-electron chi connectivity index (χ1n) is 5.76. The van der Waals surface area contributed by atoms with Gasteiger partial charge in [-0.3, -0.25) is 4.79 Å². The molecule has 2 aromatic heterocycles. The van der Waals surface area contributed by atoms with E-state index in [0.717, 1.165) is 12.8 Å². The molecule has 0 aliphatic rings. The normalized spacial score (nSPS) is 10.3. The van der Waals surface area contributed by atoms with Gasteiger partial charge in [0.05, 0.1) is 0 Å². The number of rotatable bonds is 5. The largest absolute Gasteiger partial charge is 0.311 e. The lowest BCUT2D eigenvalue weighted by Gasteiger charge is -2.05. The molecule has 18 heavy (non-hydrogen) atoms. The van der Waals surface area contributed by atoms with Crippen molar-refractivity contribution in [3.63, 3.8) is 0 Å². The summed E-state index contributed by atoms with van der Waals surface area (Å²) >= 11 is 0. The summed E-state index contributed by atoms with van der Waals surface area (Å²) < 4.78 is 1.50. The maximum absolute atomic E-state index is 11.6. The van der Waals surface area contributed by atoms with Crippen LogP contribution in [0, 0.1) is 0 Å². The van der Waals surface area contributed by atoms with Crippen LogP contribution in [-0.2, 0) is 4.79 Å². The van der Waals surface area contributed by atoms with E-state index in [1.54, 1.807) is 6.07 Å². The summed E-state index contributed by atoms with van der Waals surface area (Å²) in [7, 11) is 0. The summed E-state index contributed by atoms with van der Waals surface area (Å²) in [4.78, 5) is 23.4. The molecule has 2 heterocycles. The molecule has 0 spiro atoms. The second-order valence-corrected chi connectivity index (χ2v) is 3.75. The van der Waals surface area contributed by atoms with Gasteiger partial charge in [-0.25, -0.2) is 19.6 Å². The lowest BCUT2D eigenvalue weighted by molar-refractivity contribution is -0.116. The third-order valence-electron chi connectivity index (χ3n) is 2.33. The van der Waals surface area contributed by atoms with Crippen molar-refractivity contribution in [3.05, 3.63) is 25.0 Å². The average molecular weight is 246 g/mol. The van der Waals surface area contributed by atoms with Gasteiger partial charge in [-0.2, -0.15) is 5.10 Å². The van der Waals surface area contributed by atoms with E-state index in [-0.39, 0.29) is 5.91 Å². The van der Waals surface area contributed by atoms with Crippen LogP contribution in [0.3, 0.4) is 0 Å². The number of hydrogen-bond donors (Lipinski definition) is 1. The molecule has 7 heteroatoms. The molecule has 7 nitrogen and oxygen atoms in total. The predicted octanol–water partition coefficient (Wildman–Crippen LogP) is 1.19. The van der Waals surface area contributed by atoms with Crippen molar-refractivity contribution in [2.45, 2.75) is 26.2 Å². The Morgan fingerprint density at radius 2 is 2.28 bits per heavy atom. The average Bonchev–Trinajstić information content (AvgIpc) is 2.90. The molecular formula is C11H14N6O. The zero-order chi connectivity index (χ0) is 12.8. The first kappa shape index (κ1) is 12.2. The van der Waals surface area contributed by atoms with Crippen LogP contribution < -0.4 is 5.32 Å². The standard InChI is InChI=1S/C11H14N6O/c1-2-3-4-11(18)16-9-5-10(14-7-13-9)17-8-12-6-15-17/h5-8H,2-4H2,1H3,(H,13,14,16,18). The molecule has 0 radical (unpaired) electrons. The molecule has 0 unspecified atom stereocenters. The maximum Gasteiger partial charge on any atom is 0.225 e. The third kappa shape index (κ3) is 3.09. The second kappa shape index (κ2) is 5.85. The molecule has 0 fully saturated rings. The molecule has 2 aromatic rings. The van der Waals surface area contributed by atoms with E-state index in [1.807, 2.05) is 6.92 Å². The van der Waals surface area contributed by atoms with Crippen LogP contribution in [0.1, 0.15) is 26.2 Å². The number of carbonyl (C=O) groups is 1. The zero-order valence-corrected chi connectivity index (χ0v) is 10.1. The molecule has 1 amide bonds. The van der Waals surface area contributed by atoms with E-state index < -0.39 is 0 Å². The van der Waals surface area contributed by atoms with Crippen LogP contribution in [0.25, 0.3) is 5.82 Å². The Kier molecular flexibility index (Phi) is 3.95. The van der Waals surface area contributed by atoms with E-state index in [2.05, 4.69) is 25.4 Å². The van der Waals surface area contributed by atoms with Gasteiger partial charge >= 0.3 is 0 Å². The van der Waals surface area contributed by atoms with Gasteiger partial charge in [-0.05, 0) is 6.42 Å². The summed E-state index contributed by atoms with van der Waals surface area (Å²) in [6.45, 7) is 2.04. The van der Waals surface area contributed by atoms with E-state index in [4.69, 9.17) is 0 Å². The number of carbonyl (C=O) groups excluding carboxylic acids is 1. The van der Waals surface area contributed by atoms with Crippen molar-refractivity contribution in [2.24, 2.45) is 0 Å². The van der Waals surface area contributed by atoms with Crippen molar-refractivity contribution in [1.82, 2.24) is 24.7 Å². The summed E-state index contributed by atoms with van der Waals surface area (Å²) in [6, 6.07) is 1.65.